The van der Waals surface area contributed by atoms with Gasteiger partial charge in [0.15, 0.2) is 0 Å². The Balaban J connectivity index is 1.86. The molecule has 1 fully saturated rings. The second-order valence-electron chi connectivity index (χ2n) is 6.49. The minimum atomic E-state index is -1.33. The summed E-state index contributed by atoms with van der Waals surface area (Å²) in [5.74, 6) is 0.531. The zero-order valence-electron chi connectivity index (χ0n) is 13.9. The molecule has 1 aliphatic rings. The van der Waals surface area contributed by atoms with Gasteiger partial charge in [-0.3, -0.25) is 0 Å². The Labute approximate surface area is 161 Å². The van der Waals surface area contributed by atoms with Gasteiger partial charge >= 0.3 is 7.12 Å². The third-order valence-electron chi connectivity index (χ3n) is 4.82. The summed E-state index contributed by atoms with van der Waals surface area (Å²) in [6, 6.07) is 5.62. The number of rotatable bonds is 3. The van der Waals surface area contributed by atoms with Crippen molar-refractivity contribution in [3.63, 3.8) is 0 Å². The number of hydrogen-bond acceptors (Lipinski definition) is 5. The molecule has 1 saturated heterocycles. The number of imidazole rings is 1. The lowest BCUT2D eigenvalue weighted by Gasteiger charge is -2.33. The van der Waals surface area contributed by atoms with Gasteiger partial charge in [-0.15, -0.1) is 0 Å². The largest absolute Gasteiger partial charge is 0.456 e. The standard InChI is InChI=1S/C17H17BCl2N4O2/c19-13-4-3-12-14(24-7-5-21-10-24)8-15(22-17(12)16(13)20)23-6-1-2-11(9-23)18(25)26/h3-5,7-8,10-11,25-26H,1-2,6,9H2. The van der Waals surface area contributed by atoms with Crippen molar-refractivity contribution in [3.8, 4) is 5.69 Å². The van der Waals surface area contributed by atoms with Crippen LogP contribution in [0, 0.1) is 0 Å². The van der Waals surface area contributed by atoms with E-state index in [4.69, 9.17) is 28.2 Å². The van der Waals surface area contributed by atoms with E-state index in [0.29, 0.717) is 22.1 Å². The fourth-order valence-corrected chi connectivity index (χ4v) is 3.80. The fourth-order valence-electron chi connectivity index (χ4n) is 3.44. The molecular weight excluding hydrogens is 374 g/mol. The molecule has 0 aliphatic carbocycles. The number of benzene rings is 1. The first-order valence-corrected chi connectivity index (χ1v) is 9.18. The summed E-state index contributed by atoms with van der Waals surface area (Å²) in [5, 5.41) is 20.8. The molecule has 0 bridgehead atoms. The molecule has 134 valence electrons. The van der Waals surface area contributed by atoms with Gasteiger partial charge in [-0.1, -0.05) is 23.2 Å². The van der Waals surface area contributed by atoms with Gasteiger partial charge in [-0.25, -0.2) is 9.97 Å². The Morgan fingerprint density at radius 1 is 1.23 bits per heavy atom. The first kappa shape index (κ1) is 17.6. The Bertz CT molecular complexity index is 936. The van der Waals surface area contributed by atoms with Crippen molar-refractivity contribution >= 4 is 47.0 Å². The van der Waals surface area contributed by atoms with Crippen LogP contribution >= 0.6 is 23.2 Å². The molecule has 0 radical (unpaired) electrons. The Kier molecular flexibility index (Phi) is 4.79. The molecule has 1 aliphatic heterocycles. The predicted molar refractivity (Wildman–Crippen MR) is 104 cm³/mol. The number of pyridine rings is 1. The quantitative estimate of drug-likeness (QED) is 0.672. The van der Waals surface area contributed by atoms with Gasteiger partial charge in [0.05, 0.1) is 27.6 Å². The Morgan fingerprint density at radius 2 is 2.08 bits per heavy atom. The van der Waals surface area contributed by atoms with Crippen molar-refractivity contribution in [2.24, 2.45) is 0 Å². The van der Waals surface area contributed by atoms with E-state index < -0.39 is 7.12 Å². The van der Waals surface area contributed by atoms with Crippen molar-refractivity contribution in [1.29, 1.82) is 0 Å². The average molecular weight is 391 g/mol. The van der Waals surface area contributed by atoms with E-state index >= 15 is 0 Å². The van der Waals surface area contributed by atoms with Gasteiger partial charge in [0.1, 0.15) is 5.82 Å². The molecule has 9 heteroatoms. The lowest BCUT2D eigenvalue weighted by molar-refractivity contribution is 0.367. The predicted octanol–water partition coefficient (Wildman–Crippen LogP) is 3.17. The maximum atomic E-state index is 9.56. The van der Waals surface area contributed by atoms with E-state index in [1.807, 2.05) is 22.9 Å². The van der Waals surface area contributed by atoms with Crippen LogP contribution < -0.4 is 4.90 Å². The molecule has 4 rings (SSSR count). The number of halogens is 2. The number of piperidine rings is 1. The molecule has 6 nitrogen and oxygen atoms in total. The van der Waals surface area contributed by atoms with E-state index in [-0.39, 0.29) is 5.82 Å². The van der Waals surface area contributed by atoms with Crippen LogP contribution in [0.25, 0.3) is 16.6 Å². The van der Waals surface area contributed by atoms with Gasteiger partial charge in [0.2, 0.25) is 0 Å². The third kappa shape index (κ3) is 3.16. The summed E-state index contributed by atoms with van der Waals surface area (Å²) in [6.45, 7) is 1.32. The molecule has 2 N–H and O–H groups in total. The van der Waals surface area contributed by atoms with E-state index in [2.05, 4.69) is 9.88 Å². The van der Waals surface area contributed by atoms with Gasteiger partial charge < -0.3 is 19.5 Å². The SMILES string of the molecule is OB(O)C1CCCN(c2cc(-n3ccnc3)c3ccc(Cl)c(Cl)c3n2)C1. The van der Waals surface area contributed by atoms with Crippen molar-refractivity contribution in [1.82, 2.24) is 14.5 Å². The van der Waals surface area contributed by atoms with Crippen LogP contribution in [-0.2, 0) is 0 Å². The summed E-state index contributed by atoms with van der Waals surface area (Å²) in [5.41, 5.74) is 1.51. The molecule has 2 aromatic heterocycles. The van der Waals surface area contributed by atoms with Crippen LogP contribution in [0.4, 0.5) is 5.82 Å². The normalized spacial score (nSPS) is 17.7. The Morgan fingerprint density at radius 3 is 2.81 bits per heavy atom. The number of nitrogens with zero attached hydrogens (tertiary/aromatic N) is 4. The summed E-state index contributed by atoms with van der Waals surface area (Å²) in [6.07, 6.45) is 6.94. The van der Waals surface area contributed by atoms with Crippen LogP contribution in [-0.4, -0.2) is 44.8 Å². The molecule has 3 aromatic rings. The highest BCUT2D eigenvalue weighted by atomic mass is 35.5. The maximum Gasteiger partial charge on any atom is 0.456 e. The summed E-state index contributed by atoms with van der Waals surface area (Å²) < 4.78 is 1.90. The van der Waals surface area contributed by atoms with Crippen LogP contribution in [0.3, 0.4) is 0 Å². The molecule has 0 spiro atoms. The maximum absolute atomic E-state index is 9.56. The second kappa shape index (κ2) is 7.08. The van der Waals surface area contributed by atoms with Crippen molar-refractivity contribution in [3.05, 3.63) is 47.0 Å². The van der Waals surface area contributed by atoms with Crippen molar-refractivity contribution in [2.45, 2.75) is 18.7 Å². The fraction of sp³-hybridized carbons (Fsp3) is 0.294. The highest BCUT2D eigenvalue weighted by molar-refractivity contribution is 6.45. The van der Waals surface area contributed by atoms with Crippen LogP contribution in [0.2, 0.25) is 15.9 Å². The molecular formula is C17H17BCl2N4O2. The minimum Gasteiger partial charge on any atom is -0.427 e. The summed E-state index contributed by atoms with van der Waals surface area (Å²) in [7, 11) is -1.33. The Hall–Kier alpha value is -1.80. The van der Waals surface area contributed by atoms with Crippen LogP contribution in [0.5, 0.6) is 0 Å². The van der Waals surface area contributed by atoms with Gasteiger partial charge in [0.25, 0.3) is 0 Å². The minimum absolute atomic E-state index is 0.201. The van der Waals surface area contributed by atoms with E-state index in [1.54, 1.807) is 18.6 Å². The molecule has 3 heterocycles. The van der Waals surface area contributed by atoms with Crippen molar-refractivity contribution in [2.75, 3.05) is 18.0 Å². The first-order chi connectivity index (χ1) is 12.5. The van der Waals surface area contributed by atoms with Crippen LogP contribution in [0.1, 0.15) is 12.8 Å². The van der Waals surface area contributed by atoms with E-state index in [9.17, 15) is 10.0 Å². The second-order valence-corrected chi connectivity index (χ2v) is 7.27. The first-order valence-electron chi connectivity index (χ1n) is 8.43. The lowest BCUT2D eigenvalue weighted by Crippen LogP contribution is -2.39. The van der Waals surface area contributed by atoms with Crippen LogP contribution in [0.15, 0.2) is 36.9 Å². The topological polar surface area (TPSA) is 74.4 Å². The molecule has 1 unspecified atom stereocenters. The lowest BCUT2D eigenvalue weighted by atomic mass is 9.68. The molecule has 1 atom stereocenters. The highest BCUT2D eigenvalue weighted by Crippen LogP contribution is 2.36. The summed E-state index contributed by atoms with van der Waals surface area (Å²) >= 11 is 12.6. The highest BCUT2D eigenvalue weighted by Gasteiger charge is 2.30. The third-order valence-corrected chi connectivity index (χ3v) is 5.62. The molecule has 0 saturated carbocycles. The summed E-state index contributed by atoms with van der Waals surface area (Å²) in [4.78, 5) is 10.9. The molecule has 26 heavy (non-hydrogen) atoms. The average Bonchev–Trinajstić information content (AvgIpc) is 3.18. The van der Waals surface area contributed by atoms with E-state index in [1.165, 1.54) is 0 Å². The number of anilines is 1. The number of hydrogen-bond donors (Lipinski definition) is 2. The molecule has 1 aromatic carbocycles. The number of fused-ring (bicyclic) bond motifs is 1. The smallest absolute Gasteiger partial charge is 0.427 e. The molecule has 0 amide bonds. The zero-order valence-corrected chi connectivity index (χ0v) is 15.4. The zero-order chi connectivity index (χ0) is 18.3. The van der Waals surface area contributed by atoms with E-state index in [0.717, 1.165) is 36.3 Å². The van der Waals surface area contributed by atoms with Gasteiger partial charge in [0, 0.05) is 42.8 Å². The van der Waals surface area contributed by atoms with Gasteiger partial charge in [-0.2, -0.15) is 0 Å². The number of aromatic nitrogens is 3. The van der Waals surface area contributed by atoms with Crippen molar-refractivity contribution < 1.29 is 10.0 Å². The monoisotopic (exact) mass is 390 g/mol. The van der Waals surface area contributed by atoms with Gasteiger partial charge in [-0.05, 0) is 25.0 Å².